The Hall–Kier alpha value is -3.54. The number of nitrogens with one attached hydrogen (secondary N) is 1. The van der Waals surface area contributed by atoms with Gasteiger partial charge in [-0.15, -0.1) is 0 Å². The number of aromatic nitrogens is 1. The van der Waals surface area contributed by atoms with Crippen LogP contribution in [0.2, 0.25) is 5.02 Å². The molecule has 45 heavy (non-hydrogen) atoms. The number of halogens is 3. The van der Waals surface area contributed by atoms with Gasteiger partial charge in [0.2, 0.25) is 10.0 Å². The van der Waals surface area contributed by atoms with E-state index in [0.717, 1.165) is 6.20 Å². The third-order valence-electron chi connectivity index (χ3n) is 8.26. The summed E-state index contributed by atoms with van der Waals surface area (Å²) in [5.41, 5.74) is 8.40. The number of ketones is 1. The Labute approximate surface area is 267 Å². The molecule has 1 aromatic heterocycles. The van der Waals surface area contributed by atoms with E-state index in [1.165, 1.54) is 28.7 Å². The molecule has 0 aliphatic carbocycles. The van der Waals surface area contributed by atoms with Crippen molar-refractivity contribution < 1.29 is 22.0 Å². The molecule has 4 atom stereocenters. The van der Waals surface area contributed by atoms with Crippen molar-refractivity contribution in [2.24, 2.45) is 5.73 Å². The lowest BCUT2D eigenvalue weighted by atomic mass is 9.82. The van der Waals surface area contributed by atoms with E-state index in [1.54, 1.807) is 60.7 Å². The molecular weight excluding hydrogens is 618 g/mol. The zero-order valence-electron chi connectivity index (χ0n) is 24.7. The number of Topliss-reactive ketones (excluding diaryl/α,β-unsaturated/α-hetero) is 1. The van der Waals surface area contributed by atoms with Gasteiger partial charge in [-0.25, -0.2) is 17.2 Å². The maximum Gasteiger partial charge on any atom is 0.243 e. The Morgan fingerprint density at radius 3 is 2.51 bits per heavy atom. The molecule has 11 heteroatoms. The van der Waals surface area contributed by atoms with Crippen LogP contribution in [0, 0.1) is 11.6 Å². The van der Waals surface area contributed by atoms with Gasteiger partial charge in [-0.1, -0.05) is 54.1 Å². The van der Waals surface area contributed by atoms with E-state index < -0.39 is 39.7 Å². The number of carbonyl (C=O) groups excluding carboxylic acids is 1. The first-order valence-corrected chi connectivity index (χ1v) is 16.6. The SMILES string of the molecule is C[C@@H]1CNC[C@H](CCc2c(F)cccc2CC(=O)[C@@H](N)[C@H](c2cncc(F)c2)c2cccc(Cl)c2)N1S(=O)(=O)c1ccccc1. The van der Waals surface area contributed by atoms with Crippen LogP contribution >= 0.6 is 11.6 Å². The van der Waals surface area contributed by atoms with Crippen LogP contribution in [0.25, 0.3) is 0 Å². The summed E-state index contributed by atoms with van der Waals surface area (Å²) in [4.78, 5) is 17.9. The van der Waals surface area contributed by atoms with Gasteiger partial charge in [-0.05, 0) is 78.4 Å². The van der Waals surface area contributed by atoms with Gasteiger partial charge in [-0.3, -0.25) is 9.78 Å². The first-order chi connectivity index (χ1) is 21.6. The molecule has 1 aliphatic heterocycles. The molecule has 0 unspecified atom stereocenters. The topological polar surface area (TPSA) is 105 Å². The van der Waals surface area contributed by atoms with Gasteiger partial charge in [0.05, 0.1) is 17.1 Å². The van der Waals surface area contributed by atoms with Gasteiger partial charge in [0, 0.05) is 48.7 Å². The molecular formula is C34H35ClF2N4O3S. The van der Waals surface area contributed by atoms with Crippen molar-refractivity contribution >= 4 is 27.4 Å². The second-order valence-corrected chi connectivity index (χ2v) is 13.6. The predicted octanol–water partition coefficient (Wildman–Crippen LogP) is 5.27. The number of carbonyl (C=O) groups is 1. The molecule has 7 nitrogen and oxygen atoms in total. The van der Waals surface area contributed by atoms with E-state index in [4.69, 9.17) is 17.3 Å². The van der Waals surface area contributed by atoms with Gasteiger partial charge in [0.15, 0.2) is 5.78 Å². The van der Waals surface area contributed by atoms with Crippen molar-refractivity contribution in [3.05, 3.63) is 130 Å². The molecule has 1 fully saturated rings. The molecule has 3 N–H and O–H groups in total. The molecule has 0 amide bonds. The zero-order valence-corrected chi connectivity index (χ0v) is 26.3. The van der Waals surface area contributed by atoms with E-state index in [1.807, 2.05) is 6.92 Å². The monoisotopic (exact) mass is 652 g/mol. The van der Waals surface area contributed by atoms with Crippen LogP contribution < -0.4 is 11.1 Å². The molecule has 2 heterocycles. The highest BCUT2D eigenvalue weighted by atomic mass is 35.5. The molecule has 3 aromatic carbocycles. The Balaban J connectivity index is 1.39. The van der Waals surface area contributed by atoms with E-state index in [-0.39, 0.29) is 29.6 Å². The molecule has 0 radical (unpaired) electrons. The number of nitrogens with two attached hydrogens (primary N) is 1. The molecule has 1 saturated heterocycles. The van der Waals surface area contributed by atoms with E-state index in [0.29, 0.717) is 46.8 Å². The molecule has 5 rings (SSSR count). The number of hydrogen-bond acceptors (Lipinski definition) is 6. The maximum absolute atomic E-state index is 15.4. The lowest BCUT2D eigenvalue weighted by Crippen LogP contribution is -2.58. The van der Waals surface area contributed by atoms with Crippen LogP contribution in [-0.2, 0) is 27.7 Å². The molecule has 0 spiro atoms. The second kappa shape index (κ2) is 14.3. The van der Waals surface area contributed by atoms with Crippen LogP contribution in [0.1, 0.15) is 41.5 Å². The average Bonchev–Trinajstić information content (AvgIpc) is 3.01. The fraction of sp³-hybridized carbons (Fsp3) is 0.294. The lowest BCUT2D eigenvalue weighted by molar-refractivity contribution is -0.119. The van der Waals surface area contributed by atoms with Gasteiger partial charge in [-0.2, -0.15) is 4.31 Å². The minimum atomic E-state index is -3.80. The number of nitrogens with zero attached hydrogens (tertiary/aromatic N) is 2. The first kappa shape index (κ1) is 32.8. The number of benzene rings is 3. The number of rotatable bonds is 11. The summed E-state index contributed by atoms with van der Waals surface area (Å²) < 4.78 is 58.3. The Bertz CT molecular complexity index is 1710. The number of piperazine rings is 1. The minimum absolute atomic E-state index is 0.167. The fourth-order valence-electron chi connectivity index (χ4n) is 6.13. The predicted molar refractivity (Wildman–Crippen MR) is 170 cm³/mol. The van der Waals surface area contributed by atoms with Crippen molar-refractivity contribution in [2.45, 2.75) is 55.1 Å². The molecule has 4 aromatic rings. The Morgan fingerprint density at radius 1 is 1.02 bits per heavy atom. The summed E-state index contributed by atoms with van der Waals surface area (Å²) in [6.07, 6.45) is 2.90. The van der Waals surface area contributed by atoms with Crippen LogP contribution in [0.3, 0.4) is 0 Å². The summed E-state index contributed by atoms with van der Waals surface area (Å²) in [6.45, 7) is 2.75. The van der Waals surface area contributed by atoms with Gasteiger partial charge < -0.3 is 11.1 Å². The fourth-order valence-corrected chi connectivity index (χ4v) is 8.20. The van der Waals surface area contributed by atoms with Crippen molar-refractivity contribution in [1.82, 2.24) is 14.6 Å². The molecule has 236 valence electrons. The summed E-state index contributed by atoms with van der Waals surface area (Å²) in [7, 11) is -3.80. The van der Waals surface area contributed by atoms with Crippen molar-refractivity contribution in [2.75, 3.05) is 13.1 Å². The quantitative estimate of drug-likeness (QED) is 0.229. The number of hydrogen-bond donors (Lipinski definition) is 2. The van der Waals surface area contributed by atoms with Gasteiger partial charge >= 0.3 is 0 Å². The Kier molecular flexibility index (Phi) is 10.4. The number of pyridine rings is 1. The van der Waals surface area contributed by atoms with Crippen molar-refractivity contribution in [1.29, 1.82) is 0 Å². The second-order valence-electron chi connectivity index (χ2n) is 11.4. The van der Waals surface area contributed by atoms with Gasteiger partial charge in [0.1, 0.15) is 11.6 Å². The minimum Gasteiger partial charge on any atom is -0.321 e. The summed E-state index contributed by atoms with van der Waals surface area (Å²) in [5, 5.41) is 3.72. The van der Waals surface area contributed by atoms with Crippen LogP contribution in [0.5, 0.6) is 0 Å². The summed E-state index contributed by atoms with van der Waals surface area (Å²) >= 11 is 6.24. The van der Waals surface area contributed by atoms with E-state index in [2.05, 4.69) is 10.3 Å². The summed E-state index contributed by atoms with van der Waals surface area (Å²) in [6, 6.07) is 19.1. The van der Waals surface area contributed by atoms with Crippen LogP contribution in [-0.4, -0.2) is 54.7 Å². The molecule has 1 aliphatic rings. The van der Waals surface area contributed by atoms with Gasteiger partial charge in [0.25, 0.3) is 0 Å². The van der Waals surface area contributed by atoms with Crippen LogP contribution in [0.4, 0.5) is 8.78 Å². The highest BCUT2D eigenvalue weighted by molar-refractivity contribution is 7.89. The Morgan fingerprint density at radius 2 is 1.78 bits per heavy atom. The van der Waals surface area contributed by atoms with E-state index >= 15 is 4.39 Å². The lowest BCUT2D eigenvalue weighted by Gasteiger charge is -2.40. The van der Waals surface area contributed by atoms with Crippen LogP contribution in [0.15, 0.2) is 96.2 Å². The highest BCUT2D eigenvalue weighted by Gasteiger charge is 2.38. The largest absolute Gasteiger partial charge is 0.321 e. The highest BCUT2D eigenvalue weighted by Crippen LogP contribution is 2.31. The molecule has 0 saturated carbocycles. The zero-order chi connectivity index (χ0) is 32.1. The first-order valence-electron chi connectivity index (χ1n) is 14.8. The third kappa shape index (κ3) is 7.48. The smallest absolute Gasteiger partial charge is 0.243 e. The molecule has 0 bridgehead atoms. The third-order valence-corrected chi connectivity index (χ3v) is 10.6. The van der Waals surface area contributed by atoms with E-state index in [9.17, 15) is 17.6 Å². The van der Waals surface area contributed by atoms with Crippen molar-refractivity contribution in [3.63, 3.8) is 0 Å². The normalized spacial score (nSPS) is 18.8. The number of sulfonamides is 1. The maximum atomic E-state index is 15.4. The summed E-state index contributed by atoms with van der Waals surface area (Å²) in [5.74, 6) is -2.18. The standard InChI is InChI=1S/C34H35ClF2N4O3S/c1-22-18-39-21-28(41(22)45(43,44)29-10-3-2-4-11-29)13-14-30-23(7-6-12-31(30)37)17-32(42)34(38)33(24-8-5-9-26(35)15-24)25-16-27(36)20-40-19-25/h2-12,15-16,19-20,22,28,33-34,39H,13-14,17-18,21,38H2,1H3/t22-,28+,33+,34-/m1/s1. The van der Waals surface area contributed by atoms with Crippen molar-refractivity contribution in [3.8, 4) is 0 Å². The average molecular weight is 653 g/mol.